The zero-order valence-electron chi connectivity index (χ0n) is 20.9. The summed E-state index contributed by atoms with van der Waals surface area (Å²) in [5, 5.41) is 8.82. The summed E-state index contributed by atoms with van der Waals surface area (Å²) in [5.41, 5.74) is 5.16. The Balaban J connectivity index is 1.20. The largest absolute Gasteiger partial charge is 0.490 e. The third kappa shape index (κ3) is 4.90. The topological polar surface area (TPSA) is 82.4 Å². The third-order valence-corrected chi connectivity index (χ3v) is 7.33. The number of anilines is 1. The van der Waals surface area contributed by atoms with Crippen LogP contribution in [0.15, 0.2) is 54.9 Å². The van der Waals surface area contributed by atoms with Gasteiger partial charge in [0.1, 0.15) is 18.4 Å². The number of carbonyl (C=O) groups is 1. The van der Waals surface area contributed by atoms with Crippen molar-refractivity contribution in [3.8, 4) is 22.9 Å². The fourth-order valence-corrected chi connectivity index (χ4v) is 5.09. The second-order valence-electron chi connectivity index (χ2n) is 9.65. The SMILES string of the molecule is CCc1cnc(N2CCC(C3Cc4cc(-c5ccc(C(=O)N(C)CC#N)cc5)ccc4O3)CC2)nc1. The molecule has 0 spiro atoms. The van der Waals surface area contributed by atoms with Crippen LogP contribution in [0.1, 0.15) is 41.3 Å². The molecular weight excluding hydrogens is 450 g/mol. The molecule has 3 aromatic rings. The summed E-state index contributed by atoms with van der Waals surface area (Å²) in [7, 11) is 1.64. The minimum atomic E-state index is -0.149. The van der Waals surface area contributed by atoms with Crippen molar-refractivity contribution in [3.05, 3.63) is 71.5 Å². The van der Waals surface area contributed by atoms with Crippen LogP contribution in [0.3, 0.4) is 0 Å². The summed E-state index contributed by atoms with van der Waals surface area (Å²) in [6, 6.07) is 16.0. The molecule has 1 atom stereocenters. The van der Waals surface area contributed by atoms with Crippen molar-refractivity contribution >= 4 is 11.9 Å². The number of hydrogen-bond acceptors (Lipinski definition) is 6. The van der Waals surface area contributed by atoms with Gasteiger partial charge in [-0.15, -0.1) is 0 Å². The van der Waals surface area contributed by atoms with E-state index >= 15 is 0 Å². The third-order valence-electron chi connectivity index (χ3n) is 7.33. The van der Waals surface area contributed by atoms with Crippen LogP contribution in [0.25, 0.3) is 11.1 Å². The summed E-state index contributed by atoms with van der Waals surface area (Å²) in [6.45, 7) is 4.09. The van der Waals surface area contributed by atoms with Crippen LogP contribution in [-0.2, 0) is 12.8 Å². The van der Waals surface area contributed by atoms with Crippen molar-refractivity contribution in [2.75, 3.05) is 31.6 Å². The van der Waals surface area contributed by atoms with E-state index in [1.165, 1.54) is 10.5 Å². The first-order chi connectivity index (χ1) is 17.6. The van der Waals surface area contributed by atoms with Crippen LogP contribution in [0.4, 0.5) is 5.95 Å². The minimum absolute atomic E-state index is 0.0748. The number of carbonyl (C=O) groups excluding carboxylic acids is 1. The van der Waals surface area contributed by atoms with Crippen LogP contribution >= 0.6 is 0 Å². The summed E-state index contributed by atoms with van der Waals surface area (Å²) < 4.78 is 6.38. The Morgan fingerprint density at radius 2 is 1.81 bits per heavy atom. The summed E-state index contributed by atoms with van der Waals surface area (Å²) in [6.07, 6.45) is 8.08. The maximum absolute atomic E-state index is 12.4. The Bertz CT molecular complexity index is 1260. The minimum Gasteiger partial charge on any atom is -0.490 e. The van der Waals surface area contributed by atoms with Gasteiger partial charge in [0, 0.05) is 44.5 Å². The average molecular weight is 482 g/mol. The van der Waals surface area contributed by atoms with Gasteiger partial charge in [0.05, 0.1) is 6.07 Å². The Hall–Kier alpha value is -3.92. The lowest BCUT2D eigenvalue weighted by Gasteiger charge is -2.34. The summed E-state index contributed by atoms with van der Waals surface area (Å²) in [4.78, 5) is 25.2. The number of amides is 1. The number of nitriles is 1. The van der Waals surface area contributed by atoms with Crippen molar-refractivity contribution in [1.82, 2.24) is 14.9 Å². The molecule has 3 heterocycles. The molecule has 2 aliphatic rings. The fraction of sp³-hybridized carbons (Fsp3) is 0.379. The molecule has 184 valence electrons. The van der Waals surface area contributed by atoms with Crippen LogP contribution in [-0.4, -0.2) is 53.6 Å². The van der Waals surface area contributed by atoms with Gasteiger partial charge in [0.15, 0.2) is 0 Å². The predicted octanol–water partition coefficient (Wildman–Crippen LogP) is 4.52. The monoisotopic (exact) mass is 481 g/mol. The molecule has 0 N–H and O–H groups in total. The Labute approximate surface area is 212 Å². The Morgan fingerprint density at radius 1 is 1.11 bits per heavy atom. The molecule has 2 aromatic carbocycles. The molecule has 0 saturated carbocycles. The molecule has 1 aromatic heterocycles. The molecule has 2 aliphatic heterocycles. The van der Waals surface area contributed by atoms with E-state index in [1.807, 2.05) is 42.7 Å². The smallest absolute Gasteiger partial charge is 0.254 e. The number of aryl methyl sites for hydroxylation is 1. The van der Waals surface area contributed by atoms with Crippen LogP contribution in [0.2, 0.25) is 0 Å². The average Bonchev–Trinajstić information content (AvgIpc) is 3.36. The zero-order chi connectivity index (χ0) is 25.1. The fourth-order valence-electron chi connectivity index (χ4n) is 5.09. The molecule has 0 bridgehead atoms. The molecule has 5 rings (SSSR count). The number of nitrogens with zero attached hydrogens (tertiary/aromatic N) is 5. The van der Waals surface area contributed by atoms with E-state index in [0.29, 0.717) is 11.5 Å². The van der Waals surface area contributed by atoms with E-state index in [4.69, 9.17) is 10.00 Å². The van der Waals surface area contributed by atoms with Crippen LogP contribution in [0, 0.1) is 17.2 Å². The molecule has 1 unspecified atom stereocenters. The number of piperidine rings is 1. The molecule has 7 nitrogen and oxygen atoms in total. The molecule has 0 radical (unpaired) electrons. The number of benzene rings is 2. The van der Waals surface area contributed by atoms with Gasteiger partial charge in [-0.2, -0.15) is 5.26 Å². The number of ether oxygens (including phenoxy) is 1. The molecule has 1 saturated heterocycles. The van der Waals surface area contributed by atoms with Gasteiger partial charge in [-0.25, -0.2) is 9.97 Å². The van der Waals surface area contributed by atoms with Crippen molar-refractivity contribution in [2.24, 2.45) is 5.92 Å². The standard InChI is InChI=1S/C29H31N5O2/c1-3-20-18-31-29(32-19-20)34-13-10-22(11-14-34)27-17-25-16-24(8-9-26(25)36-27)21-4-6-23(7-5-21)28(35)33(2)15-12-30/h4-9,16,18-19,22,27H,3,10-11,13-15,17H2,1-2H3. The molecular formula is C29H31N5O2. The van der Waals surface area contributed by atoms with Crippen molar-refractivity contribution in [1.29, 1.82) is 5.26 Å². The van der Waals surface area contributed by atoms with Gasteiger partial charge < -0.3 is 14.5 Å². The van der Waals surface area contributed by atoms with Crippen LogP contribution in [0.5, 0.6) is 5.75 Å². The summed E-state index contributed by atoms with van der Waals surface area (Å²) in [5.74, 6) is 2.18. The van der Waals surface area contributed by atoms with E-state index in [9.17, 15) is 4.79 Å². The lowest BCUT2D eigenvalue weighted by atomic mass is 9.88. The maximum atomic E-state index is 12.4. The molecule has 0 aliphatic carbocycles. The second kappa shape index (κ2) is 10.4. The van der Waals surface area contributed by atoms with E-state index in [2.05, 4.69) is 40.0 Å². The zero-order valence-corrected chi connectivity index (χ0v) is 20.9. The molecule has 7 heteroatoms. The van der Waals surface area contributed by atoms with Gasteiger partial charge in [-0.3, -0.25) is 4.79 Å². The molecule has 1 fully saturated rings. The second-order valence-corrected chi connectivity index (χ2v) is 9.65. The van der Waals surface area contributed by atoms with Crippen LogP contribution < -0.4 is 9.64 Å². The normalized spacial score (nSPS) is 17.2. The highest BCUT2D eigenvalue weighted by Crippen LogP contribution is 2.38. The maximum Gasteiger partial charge on any atom is 0.254 e. The lowest BCUT2D eigenvalue weighted by molar-refractivity contribution is 0.0812. The van der Waals surface area contributed by atoms with Crippen molar-refractivity contribution in [3.63, 3.8) is 0 Å². The quantitative estimate of drug-likeness (QED) is 0.482. The van der Waals surface area contributed by atoms with E-state index in [1.54, 1.807) is 7.05 Å². The van der Waals surface area contributed by atoms with Gasteiger partial charge >= 0.3 is 0 Å². The number of aromatic nitrogens is 2. The van der Waals surface area contributed by atoms with Gasteiger partial charge in [-0.1, -0.05) is 25.1 Å². The van der Waals surface area contributed by atoms with E-state index < -0.39 is 0 Å². The van der Waals surface area contributed by atoms with Gasteiger partial charge in [-0.05, 0) is 71.7 Å². The highest BCUT2D eigenvalue weighted by molar-refractivity contribution is 5.94. The molecule has 1 amide bonds. The first-order valence-electron chi connectivity index (χ1n) is 12.6. The van der Waals surface area contributed by atoms with E-state index in [-0.39, 0.29) is 18.6 Å². The van der Waals surface area contributed by atoms with Crippen molar-refractivity contribution in [2.45, 2.75) is 38.7 Å². The summed E-state index contributed by atoms with van der Waals surface area (Å²) >= 11 is 0. The molecule has 36 heavy (non-hydrogen) atoms. The number of fused-ring (bicyclic) bond motifs is 1. The highest BCUT2D eigenvalue weighted by Gasteiger charge is 2.33. The van der Waals surface area contributed by atoms with Gasteiger partial charge in [0.2, 0.25) is 5.95 Å². The first-order valence-corrected chi connectivity index (χ1v) is 12.6. The Kier molecular flexibility index (Phi) is 6.86. The number of hydrogen-bond donors (Lipinski definition) is 0. The van der Waals surface area contributed by atoms with Crippen molar-refractivity contribution < 1.29 is 9.53 Å². The first kappa shape index (κ1) is 23.8. The highest BCUT2D eigenvalue weighted by atomic mass is 16.5. The van der Waals surface area contributed by atoms with E-state index in [0.717, 1.165) is 67.2 Å². The Morgan fingerprint density at radius 3 is 2.47 bits per heavy atom. The lowest BCUT2D eigenvalue weighted by Crippen LogP contribution is -2.40. The predicted molar refractivity (Wildman–Crippen MR) is 139 cm³/mol. The number of rotatable bonds is 6. The van der Waals surface area contributed by atoms with Gasteiger partial charge in [0.25, 0.3) is 5.91 Å².